The fraction of sp³-hybridized carbons (Fsp3) is 0.368. The number of aromatic nitrogens is 3. The largest absolute Gasteiger partial charge is 0.339 e. The van der Waals surface area contributed by atoms with Crippen LogP contribution in [0.3, 0.4) is 0 Å². The molecule has 1 aromatic carbocycles. The van der Waals surface area contributed by atoms with E-state index in [4.69, 9.17) is 0 Å². The number of thioether (sulfide) groups is 1. The second-order valence-corrected chi connectivity index (χ2v) is 8.35. The third-order valence-corrected chi connectivity index (χ3v) is 6.74. The lowest BCUT2D eigenvalue weighted by molar-refractivity contribution is -0.131. The molecule has 3 heterocycles. The summed E-state index contributed by atoms with van der Waals surface area (Å²) in [5.41, 5.74) is 2.27. The van der Waals surface area contributed by atoms with Crippen molar-refractivity contribution in [2.24, 2.45) is 0 Å². The average Bonchev–Trinajstić information content (AvgIpc) is 3.12. The Morgan fingerprint density at radius 3 is 2.89 bits per heavy atom. The summed E-state index contributed by atoms with van der Waals surface area (Å²) in [4.78, 5) is 23.3. The van der Waals surface area contributed by atoms with Gasteiger partial charge in [-0.2, -0.15) is 4.37 Å². The number of benzene rings is 1. The Kier molecular flexibility index (Phi) is 5.36. The number of likely N-dealkylation sites (tertiary alicyclic amines) is 1. The van der Waals surface area contributed by atoms with E-state index in [1.807, 2.05) is 4.90 Å². The van der Waals surface area contributed by atoms with Crippen molar-refractivity contribution in [3.8, 4) is 11.3 Å². The molecule has 1 fully saturated rings. The smallest absolute Gasteiger partial charge is 0.233 e. The van der Waals surface area contributed by atoms with E-state index in [1.165, 1.54) is 48.2 Å². The second kappa shape index (κ2) is 7.90. The van der Waals surface area contributed by atoms with Crippen molar-refractivity contribution in [3.63, 3.8) is 0 Å². The number of fused-ring (bicyclic) bond motifs is 1. The lowest BCUT2D eigenvalue weighted by atomic mass is 10.0. The van der Waals surface area contributed by atoms with E-state index in [-0.39, 0.29) is 11.7 Å². The van der Waals surface area contributed by atoms with E-state index in [9.17, 15) is 9.18 Å². The minimum absolute atomic E-state index is 0.155. The highest BCUT2D eigenvalue weighted by Gasteiger charge is 2.23. The summed E-state index contributed by atoms with van der Waals surface area (Å²) in [6.45, 7) is 2.96. The van der Waals surface area contributed by atoms with Crippen LogP contribution < -0.4 is 0 Å². The van der Waals surface area contributed by atoms with Crippen molar-refractivity contribution in [3.05, 3.63) is 36.4 Å². The molecular weight excluding hydrogens is 383 g/mol. The maximum absolute atomic E-state index is 13.2. The third-order valence-electron chi connectivity index (χ3n) is 4.80. The Morgan fingerprint density at radius 1 is 1.30 bits per heavy atom. The first-order valence-electron chi connectivity index (χ1n) is 8.92. The zero-order chi connectivity index (χ0) is 18.8. The van der Waals surface area contributed by atoms with Gasteiger partial charge in [0, 0.05) is 18.2 Å². The van der Waals surface area contributed by atoms with Gasteiger partial charge < -0.3 is 4.90 Å². The number of nitrogens with zero attached hydrogens (tertiary/aromatic N) is 4. The fourth-order valence-electron chi connectivity index (χ4n) is 3.32. The molecule has 0 spiro atoms. The molecular formula is C19H19FN4OS2. The zero-order valence-corrected chi connectivity index (χ0v) is 16.5. The van der Waals surface area contributed by atoms with Gasteiger partial charge in [-0.05, 0) is 62.0 Å². The van der Waals surface area contributed by atoms with Crippen molar-refractivity contribution < 1.29 is 9.18 Å². The monoisotopic (exact) mass is 402 g/mol. The van der Waals surface area contributed by atoms with E-state index >= 15 is 0 Å². The minimum atomic E-state index is -0.283. The van der Waals surface area contributed by atoms with Gasteiger partial charge in [-0.1, -0.05) is 11.8 Å². The molecule has 8 heteroatoms. The molecule has 3 aromatic rings. The molecule has 1 aliphatic heterocycles. The van der Waals surface area contributed by atoms with Crippen LogP contribution in [0.5, 0.6) is 0 Å². The number of carbonyl (C=O) groups is 1. The number of hydrogen-bond acceptors (Lipinski definition) is 6. The van der Waals surface area contributed by atoms with E-state index in [2.05, 4.69) is 21.3 Å². The Balaban J connectivity index is 1.54. The Bertz CT molecular complexity index is 960. The SMILES string of the molecule is C[C@@H]1CCCCN1C(=O)CSc1ncnc2c(-c3ccc(F)cc3)nsc12. The first-order chi connectivity index (χ1) is 13.1. The number of rotatable bonds is 4. The topological polar surface area (TPSA) is 59.0 Å². The highest BCUT2D eigenvalue weighted by atomic mass is 32.2. The quantitative estimate of drug-likeness (QED) is 0.479. The molecule has 1 aliphatic rings. The van der Waals surface area contributed by atoms with E-state index in [1.54, 1.807) is 12.1 Å². The normalized spacial score (nSPS) is 17.4. The number of halogens is 1. The highest BCUT2D eigenvalue weighted by Crippen LogP contribution is 2.34. The van der Waals surface area contributed by atoms with Crippen LogP contribution in [0, 0.1) is 5.82 Å². The Hall–Kier alpha value is -2.06. The predicted molar refractivity (Wildman–Crippen MR) is 106 cm³/mol. The number of piperidine rings is 1. The van der Waals surface area contributed by atoms with Gasteiger partial charge in [0.25, 0.3) is 0 Å². The number of hydrogen-bond donors (Lipinski definition) is 0. The molecule has 0 N–H and O–H groups in total. The molecule has 0 saturated carbocycles. The summed E-state index contributed by atoms with van der Waals surface area (Å²) in [5.74, 6) is 0.233. The fourth-order valence-corrected chi connectivity index (χ4v) is 5.13. The standard InChI is InChI=1S/C19H19FN4OS2/c1-12-4-2-3-9-24(12)15(25)10-26-19-18-17(21-11-22-19)16(23-27-18)13-5-7-14(20)8-6-13/h5-8,11-12H,2-4,9-10H2,1H3/t12-/m1/s1. The van der Waals surface area contributed by atoms with Crippen LogP contribution in [0.2, 0.25) is 0 Å². The predicted octanol–water partition coefficient (Wildman–Crippen LogP) is 4.39. The molecule has 0 aliphatic carbocycles. The average molecular weight is 403 g/mol. The van der Waals surface area contributed by atoms with Crippen LogP contribution in [-0.2, 0) is 4.79 Å². The maximum Gasteiger partial charge on any atom is 0.233 e. The van der Waals surface area contributed by atoms with Gasteiger partial charge in [0.2, 0.25) is 5.91 Å². The van der Waals surface area contributed by atoms with Gasteiger partial charge in [0.15, 0.2) is 0 Å². The van der Waals surface area contributed by atoms with Gasteiger partial charge >= 0.3 is 0 Å². The molecule has 0 radical (unpaired) electrons. The van der Waals surface area contributed by atoms with Crippen molar-refractivity contribution >= 4 is 39.4 Å². The molecule has 2 aromatic heterocycles. The van der Waals surface area contributed by atoms with E-state index < -0.39 is 0 Å². The molecule has 4 rings (SSSR count). The van der Waals surface area contributed by atoms with Crippen LogP contribution in [0.15, 0.2) is 35.6 Å². The first kappa shape index (κ1) is 18.3. The van der Waals surface area contributed by atoms with Crippen molar-refractivity contribution in [1.29, 1.82) is 0 Å². The van der Waals surface area contributed by atoms with Crippen molar-refractivity contribution in [1.82, 2.24) is 19.2 Å². The lowest BCUT2D eigenvalue weighted by Gasteiger charge is -2.33. The molecule has 1 saturated heterocycles. The molecule has 0 unspecified atom stereocenters. The maximum atomic E-state index is 13.2. The summed E-state index contributed by atoms with van der Waals surface area (Å²) in [6.07, 6.45) is 4.84. The summed E-state index contributed by atoms with van der Waals surface area (Å²) in [7, 11) is 0. The van der Waals surface area contributed by atoms with Gasteiger partial charge in [-0.3, -0.25) is 4.79 Å². The molecule has 27 heavy (non-hydrogen) atoms. The Morgan fingerprint density at radius 2 is 2.11 bits per heavy atom. The van der Waals surface area contributed by atoms with Gasteiger partial charge in [0.1, 0.15) is 33.1 Å². The first-order valence-corrected chi connectivity index (χ1v) is 10.7. The van der Waals surface area contributed by atoms with Crippen molar-refractivity contribution in [2.45, 2.75) is 37.3 Å². The molecule has 140 valence electrons. The van der Waals surface area contributed by atoms with E-state index in [0.29, 0.717) is 11.8 Å². The Labute approximate surface area is 165 Å². The minimum Gasteiger partial charge on any atom is -0.339 e. The molecule has 1 amide bonds. The zero-order valence-electron chi connectivity index (χ0n) is 14.9. The summed E-state index contributed by atoms with van der Waals surface area (Å²) in [6, 6.07) is 6.52. The van der Waals surface area contributed by atoms with Crippen LogP contribution in [0.4, 0.5) is 4.39 Å². The summed E-state index contributed by atoms with van der Waals surface area (Å²) in [5, 5.41) is 0.767. The second-order valence-electron chi connectivity index (χ2n) is 6.62. The highest BCUT2D eigenvalue weighted by molar-refractivity contribution is 8.00. The number of amides is 1. The van der Waals surface area contributed by atoms with Crippen molar-refractivity contribution in [2.75, 3.05) is 12.3 Å². The van der Waals surface area contributed by atoms with Crippen LogP contribution >= 0.6 is 23.3 Å². The van der Waals surface area contributed by atoms with Crippen LogP contribution in [0.1, 0.15) is 26.2 Å². The summed E-state index contributed by atoms with van der Waals surface area (Å²) < 4.78 is 18.5. The van der Waals surface area contributed by atoms with E-state index in [0.717, 1.165) is 45.9 Å². The molecule has 1 atom stereocenters. The molecule has 5 nitrogen and oxygen atoms in total. The molecule has 0 bridgehead atoms. The summed E-state index contributed by atoms with van der Waals surface area (Å²) >= 11 is 2.75. The third kappa shape index (κ3) is 3.82. The lowest BCUT2D eigenvalue weighted by Crippen LogP contribution is -2.42. The van der Waals surface area contributed by atoms with Gasteiger partial charge in [0.05, 0.1) is 5.75 Å². The van der Waals surface area contributed by atoms with Crippen LogP contribution in [0.25, 0.3) is 21.5 Å². The van der Waals surface area contributed by atoms with Crippen LogP contribution in [-0.4, -0.2) is 43.5 Å². The number of carbonyl (C=O) groups excluding carboxylic acids is 1. The van der Waals surface area contributed by atoms with Gasteiger partial charge in [-0.25, -0.2) is 14.4 Å². The van der Waals surface area contributed by atoms with Gasteiger partial charge in [-0.15, -0.1) is 0 Å².